The third kappa shape index (κ3) is 1.89. The Kier molecular flexibility index (Phi) is 4.10. The first-order chi connectivity index (χ1) is 8.31. The smallest absolute Gasteiger partial charge is 1.00 e. The van der Waals surface area contributed by atoms with Crippen molar-refractivity contribution in [2.75, 3.05) is 6.66 Å². The number of hydrogen-bond acceptors (Lipinski definition) is 0. The third-order valence-corrected chi connectivity index (χ3v) is 14.2. The summed E-state index contributed by atoms with van der Waals surface area (Å²) in [5.41, 5.74) is 3.12. The monoisotopic (exact) mass is 352 g/mol. The van der Waals surface area contributed by atoms with Gasteiger partial charge in [-0.15, -0.1) is 0 Å². The van der Waals surface area contributed by atoms with Crippen LogP contribution in [0.5, 0.6) is 0 Å². The molecule has 0 nitrogen and oxygen atoms in total. The summed E-state index contributed by atoms with van der Waals surface area (Å²) in [5.74, 6) is 0. The average molecular weight is 353 g/mol. The molecule has 0 saturated heterocycles. The van der Waals surface area contributed by atoms with Crippen LogP contribution in [0.15, 0.2) is 51.1 Å². The Bertz CT molecular complexity index is 606. The Morgan fingerprint density at radius 3 is 2.74 bits per heavy atom. The minimum absolute atomic E-state index is 0. The van der Waals surface area contributed by atoms with Gasteiger partial charge in [-0.1, -0.05) is 0 Å². The van der Waals surface area contributed by atoms with Gasteiger partial charge in [0.25, 0.3) is 0 Å². The molecule has 0 aromatic heterocycles. The van der Waals surface area contributed by atoms with Gasteiger partial charge in [0, 0.05) is 0 Å². The van der Waals surface area contributed by atoms with Crippen molar-refractivity contribution in [1.82, 2.24) is 0 Å². The summed E-state index contributed by atoms with van der Waals surface area (Å²) >= 11 is -0.471. The van der Waals surface area contributed by atoms with Gasteiger partial charge in [-0.05, 0) is 0 Å². The van der Waals surface area contributed by atoms with Crippen LogP contribution in [0.4, 0.5) is 0 Å². The normalized spacial score (nSPS) is 28.4. The summed E-state index contributed by atoms with van der Waals surface area (Å²) in [7, 11) is 0.00418. The van der Waals surface area contributed by atoms with E-state index in [9.17, 15) is 0 Å². The molecule has 0 radical (unpaired) electrons. The molecule has 2 unspecified atom stereocenters. The van der Waals surface area contributed by atoms with Crippen LogP contribution in [-0.4, -0.2) is 6.66 Å². The summed E-state index contributed by atoms with van der Waals surface area (Å²) in [4.78, 5) is 0. The molecule has 2 atom stereocenters. The molecule has 1 aromatic rings. The van der Waals surface area contributed by atoms with Gasteiger partial charge in [0.1, 0.15) is 0 Å². The van der Waals surface area contributed by atoms with Gasteiger partial charge in [-0.2, -0.15) is 0 Å². The molecule has 0 amide bonds. The maximum absolute atomic E-state index is 2.56. The molecule has 1 aromatic carbocycles. The van der Waals surface area contributed by atoms with Gasteiger partial charge in [0.2, 0.25) is 0 Å². The first kappa shape index (κ1) is 15.0. The Labute approximate surface area is 124 Å². The number of allylic oxidation sites excluding steroid dienone is 5. The number of rotatable bonds is 0. The van der Waals surface area contributed by atoms with Crippen LogP contribution in [0.2, 0.25) is 0 Å². The third-order valence-electron chi connectivity index (χ3n) is 4.01. The van der Waals surface area contributed by atoms with E-state index < -0.39 is 23.2 Å². The van der Waals surface area contributed by atoms with E-state index in [4.69, 9.17) is 0 Å². The Hall–Kier alpha value is -0.387. The van der Waals surface area contributed by atoms with Crippen molar-refractivity contribution in [2.24, 2.45) is 0 Å². The van der Waals surface area contributed by atoms with Gasteiger partial charge < -0.3 is 9.41 Å². The molecule has 4 rings (SSSR count). The topological polar surface area (TPSA) is 0 Å². The molecule has 0 bridgehead atoms. The van der Waals surface area contributed by atoms with Crippen LogP contribution in [0.1, 0.15) is 17.5 Å². The first-order valence-corrected chi connectivity index (χ1v) is 10.3. The van der Waals surface area contributed by atoms with Gasteiger partial charge >= 0.3 is 115 Å². The van der Waals surface area contributed by atoms with E-state index in [1.54, 1.807) is 10.9 Å². The SMILES string of the molecule is CP1C2=[C](CC=C2)[Zr+2][C]12C=Cc1ccccc12.[F-].[F-]. The van der Waals surface area contributed by atoms with Gasteiger partial charge in [-0.3, -0.25) is 0 Å². The second-order valence-electron chi connectivity index (χ2n) is 4.84. The number of halogens is 2. The minimum atomic E-state index is -0.471. The maximum Gasteiger partial charge on any atom is -1.00 e. The fraction of sp³-hybridized carbons (Fsp3) is 0.200. The quantitative estimate of drug-likeness (QED) is 0.486. The Balaban J connectivity index is 0.000000667. The Morgan fingerprint density at radius 2 is 1.95 bits per heavy atom. The van der Waals surface area contributed by atoms with E-state index in [-0.39, 0.29) is 17.3 Å². The van der Waals surface area contributed by atoms with Crippen molar-refractivity contribution in [3.63, 3.8) is 0 Å². The zero-order chi connectivity index (χ0) is 11.5. The molecule has 19 heavy (non-hydrogen) atoms. The second kappa shape index (κ2) is 5.19. The molecule has 4 heteroatoms. The van der Waals surface area contributed by atoms with Crippen LogP contribution >= 0.6 is 7.92 Å². The maximum atomic E-state index is 2.56. The predicted molar refractivity (Wildman–Crippen MR) is 70.8 cm³/mol. The molecule has 1 aliphatic heterocycles. The van der Waals surface area contributed by atoms with E-state index in [1.807, 2.05) is 3.28 Å². The van der Waals surface area contributed by atoms with E-state index in [2.05, 4.69) is 55.2 Å². The molecule has 3 aliphatic rings. The summed E-state index contributed by atoms with van der Waals surface area (Å²) in [6.07, 6.45) is 11.0. The summed E-state index contributed by atoms with van der Waals surface area (Å²) in [5, 5.41) is 1.74. The molecule has 96 valence electrons. The zero-order valence-electron chi connectivity index (χ0n) is 10.5. The predicted octanol–water partition coefficient (Wildman–Crippen LogP) is -1.75. The first-order valence-electron chi connectivity index (χ1n) is 6.02. The van der Waals surface area contributed by atoms with Crippen LogP contribution < -0.4 is 9.41 Å². The van der Waals surface area contributed by atoms with Crippen molar-refractivity contribution in [1.29, 1.82) is 0 Å². The second-order valence-corrected chi connectivity index (χ2v) is 12.2. The van der Waals surface area contributed by atoms with Gasteiger partial charge in [0.05, 0.1) is 0 Å². The minimum Gasteiger partial charge on any atom is -1.00 e. The molecule has 1 heterocycles. The van der Waals surface area contributed by atoms with Crippen molar-refractivity contribution in [2.45, 2.75) is 9.28 Å². The number of benzene rings is 1. The van der Waals surface area contributed by atoms with Crippen LogP contribution in [0, 0.1) is 0 Å². The van der Waals surface area contributed by atoms with Gasteiger partial charge in [-0.25, -0.2) is 0 Å². The molecule has 1 spiro atoms. The van der Waals surface area contributed by atoms with Crippen LogP contribution in [-0.2, 0) is 26.1 Å². The van der Waals surface area contributed by atoms with Crippen molar-refractivity contribution in [3.8, 4) is 0 Å². The number of fused-ring (bicyclic) bond motifs is 2. The summed E-state index contributed by atoms with van der Waals surface area (Å²) < 4.78 is 2.37. The van der Waals surface area contributed by atoms with Crippen molar-refractivity contribution < 1.29 is 32.6 Å². The molecule has 2 aliphatic carbocycles. The fourth-order valence-corrected chi connectivity index (χ4v) is 13.3. The zero-order valence-corrected chi connectivity index (χ0v) is 13.9. The molecular formula is C15H13F2PZr. The molecular weight excluding hydrogens is 340 g/mol. The largest absolute Gasteiger partial charge is 1.00 e. The summed E-state index contributed by atoms with van der Waals surface area (Å²) in [6, 6.07) is 9.04. The Morgan fingerprint density at radius 1 is 1.16 bits per heavy atom. The molecule has 0 N–H and O–H groups in total. The van der Waals surface area contributed by atoms with E-state index >= 15 is 0 Å². The fourth-order valence-electron chi connectivity index (χ4n) is 3.12. The van der Waals surface area contributed by atoms with Crippen LogP contribution in [0.25, 0.3) is 6.08 Å². The van der Waals surface area contributed by atoms with Crippen molar-refractivity contribution >= 4 is 14.0 Å². The number of hydrogen-bond donors (Lipinski definition) is 0. The molecule has 0 fully saturated rings. The molecule has 0 saturated carbocycles. The average Bonchev–Trinajstić information content (AvgIpc) is 3.00. The van der Waals surface area contributed by atoms with Crippen LogP contribution in [0.3, 0.4) is 0 Å². The standard InChI is InChI=1S/C15H13P.2FH.Zr/c1-16(13-7-3-4-8-13)15-11-10-12-6-2-5-9-14(12)15;;;/h2-3,5-7,9-11H,4H2,1H3;2*1H;/q;;;+2/p-2. The van der Waals surface area contributed by atoms with E-state index in [0.29, 0.717) is 2.86 Å². The van der Waals surface area contributed by atoms with Crippen molar-refractivity contribution in [3.05, 3.63) is 62.2 Å². The van der Waals surface area contributed by atoms with E-state index in [0.717, 1.165) is 0 Å². The van der Waals surface area contributed by atoms with Gasteiger partial charge in [0.15, 0.2) is 0 Å². The summed E-state index contributed by atoms with van der Waals surface area (Å²) in [6.45, 7) is 2.50. The van der Waals surface area contributed by atoms with E-state index in [1.165, 1.54) is 12.0 Å².